The summed E-state index contributed by atoms with van der Waals surface area (Å²) in [4.78, 5) is 20.9. The van der Waals surface area contributed by atoms with E-state index < -0.39 is 0 Å². The van der Waals surface area contributed by atoms with Crippen LogP contribution in [0.4, 0.5) is 0 Å². The summed E-state index contributed by atoms with van der Waals surface area (Å²) in [7, 11) is 0. The number of hydrogen-bond acceptors (Lipinski definition) is 3. The van der Waals surface area contributed by atoms with E-state index in [0.717, 1.165) is 12.8 Å². The number of rotatable bonds is 9. The van der Waals surface area contributed by atoms with E-state index in [4.69, 9.17) is 4.74 Å². The summed E-state index contributed by atoms with van der Waals surface area (Å²) >= 11 is 0. The first-order valence-electron chi connectivity index (χ1n) is 5.09. The van der Waals surface area contributed by atoms with Gasteiger partial charge in [-0.05, 0) is 6.42 Å². The third kappa shape index (κ3) is 9.19. The van der Waals surface area contributed by atoms with E-state index in [-0.39, 0.29) is 19.1 Å². The van der Waals surface area contributed by atoms with Gasteiger partial charge in [-0.3, -0.25) is 4.79 Å². The third-order valence-corrected chi connectivity index (χ3v) is 1.77. The van der Waals surface area contributed by atoms with Crippen molar-refractivity contribution < 1.29 is 14.3 Å². The molecule has 0 aromatic rings. The van der Waals surface area contributed by atoms with Crippen molar-refractivity contribution in [2.45, 2.75) is 32.6 Å². The number of nitrogens with one attached hydrogen (secondary N) is 1. The van der Waals surface area contributed by atoms with Gasteiger partial charge in [0.15, 0.2) is 0 Å². The van der Waals surface area contributed by atoms with Crippen molar-refractivity contribution in [3.8, 4) is 0 Å². The molecule has 14 heavy (non-hydrogen) atoms. The van der Waals surface area contributed by atoms with Gasteiger partial charge in [0, 0.05) is 6.54 Å². The minimum absolute atomic E-state index is 0.0107. The first-order valence-corrected chi connectivity index (χ1v) is 5.09. The zero-order chi connectivity index (χ0) is 10.6. The number of carbonyl (C=O) groups is 2. The van der Waals surface area contributed by atoms with Crippen molar-refractivity contribution in [1.29, 1.82) is 0 Å². The second-order valence-corrected chi connectivity index (χ2v) is 3.09. The van der Waals surface area contributed by atoms with Crippen molar-refractivity contribution in [2.75, 3.05) is 19.8 Å². The molecule has 4 nitrogen and oxygen atoms in total. The van der Waals surface area contributed by atoms with Crippen LogP contribution in [0.15, 0.2) is 0 Å². The molecule has 0 aliphatic carbocycles. The molecule has 82 valence electrons. The number of carbonyl (C=O) groups excluding carboxylic acids is 2. The first kappa shape index (κ1) is 13.1. The number of hydrogen-bond donors (Lipinski definition) is 1. The summed E-state index contributed by atoms with van der Waals surface area (Å²) in [5.74, 6) is -0.150. The molecule has 0 spiro atoms. The molecule has 0 bridgehead atoms. The molecule has 0 saturated carbocycles. The summed E-state index contributed by atoms with van der Waals surface area (Å²) in [6.45, 7) is 2.81. The van der Waals surface area contributed by atoms with Crippen LogP contribution in [0.1, 0.15) is 32.6 Å². The van der Waals surface area contributed by atoms with E-state index in [9.17, 15) is 9.59 Å². The molecule has 0 aliphatic rings. The van der Waals surface area contributed by atoms with Crippen LogP contribution in [-0.4, -0.2) is 32.0 Å². The molecular formula is C10H19NO3. The van der Waals surface area contributed by atoms with Crippen LogP contribution in [0, 0.1) is 0 Å². The van der Waals surface area contributed by atoms with E-state index in [0.29, 0.717) is 12.8 Å². The Hall–Kier alpha value is -0.900. The molecule has 0 atom stereocenters. The summed E-state index contributed by atoms with van der Waals surface area (Å²) in [6, 6.07) is 0. The Kier molecular flexibility index (Phi) is 9.53. The molecule has 4 heteroatoms. The van der Waals surface area contributed by atoms with Crippen molar-refractivity contribution in [3.05, 3.63) is 0 Å². The fraction of sp³-hybridized carbons (Fsp3) is 0.800. The quantitative estimate of drug-likeness (QED) is 0.445. The first-order chi connectivity index (χ1) is 6.81. The van der Waals surface area contributed by atoms with Gasteiger partial charge in [-0.15, -0.1) is 0 Å². The van der Waals surface area contributed by atoms with Crippen LogP contribution in [0.5, 0.6) is 0 Å². The van der Waals surface area contributed by atoms with E-state index in [1.165, 1.54) is 12.8 Å². The van der Waals surface area contributed by atoms with Crippen LogP contribution < -0.4 is 5.32 Å². The predicted molar refractivity (Wildman–Crippen MR) is 54.0 cm³/mol. The zero-order valence-electron chi connectivity index (χ0n) is 8.75. The van der Waals surface area contributed by atoms with E-state index in [2.05, 4.69) is 12.2 Å². The largest absolute Gasteiger partial charge is 0.364 e. The van der Waals surface area contributed by atoms with Gasteiger partial charge >= 0.3 is 0 Å². The maximum Gasteiger partial charge on any atom is 0.246 e. The topological polar surface area (TPSA) is 55.4 Å². The van der Waals surface area contributed by atoms with Crippen molar-refractivity contribution in [1.82, 2.24) is 5.32 Å². The van der Waals surface area contributed by atoms with Gasteiger partial charge < -0.3 is 14.8 Å². The molecule has 0 heterocycles. The molecule has 1 amide bonds. The summed E-state index contributed by atoms with van der Waals surface area (Å²) in [5, 5.41) is 2.72. The highest BCUT2D eigenvalue weighted by Gasteiger charge is 1.99. The Morgan fingerprint density at radius 2 is 2.14 bits per heavy atom. The SMILES string of the molecule is CCCCCCNC(=O)COCC=O. The monoisotopic (exact) mass is 201 g/mol. The Morgan fingerprint density at radius 3 is 2.79 bits per heavy atom. The van der Waals surface area contributed by atoms with Crippen LogP contribution in [0.25, 0.3) is 0 Å². The van der Waals surface area contributed by atoms with E-state index in [1.54, 1.807) is 0 Å². The highest BCUT2D eigenvalue weighted by molar-refractivity contribution is 5.77. The van der Waals surface area contributed by atoms with Crippen LogP contribution in [0.2, 0.25) is 0 Å². The molecule has 0 aromatic heterocycles. The molecule has 0 unspecified atom stereocenters. The van der Waals surface area contributed by atoms with Gasteiger partial charge in [0.1, 0.15) is 19.5 Å². The Morgan fingerprint density at radius 1 is 1.36 bits per heavy atom. The number of unbranched alkanes of at least 4 members (excludes halogenated alkanes) is 3. The van der Waals surface area contributed by atoms with Gasteiger partial charge in [0.2, 0.25) is 5.91 Å². The normalized spacial score (nSPS) is 9.79. The number of amides is 1. The lowest BCUT2D eigenvalue weighted by atomic mass is 10.2. The lowest BCUT2D eigenvalue weighted by Gasteiger charge is -2.04. The summed E-state index contributed by atoms with van der Waals surface area (Å²) in [5.41, 5.74) is 0. The highest BCUT2D eigenvalue weighted by Crippen LogP contribution is 1.96. The fourth-order valence-corrected chi connectivity index (χ4v) is 1.03. The average Bonchev–Trinajstić information content (AvgIpc) is 2.18. The smallest absolute Gasteiger partial charge is 0.246 e. The van der Waals surface area contributed by atoms with E-state index >= 15 is 0 Å². The molecule has 0 rings (SSSR count). The second kappa shape index (κ2) is 10.2. The predicted octanol–water partition coefficient (Wildman–Crippen LogP) is 0.898. The van der Waals surface area contributed by atoms with Gasteiger partial charge in [0.25, 0.3) is 0 Å². The molecule has 1 N–H and O–H groups in total. The van der Waals surface area contributed by atoms with Crippen molar-refractivity contribution in [3.63, 3.8) is 0 Å². The maximum atomic E-state index is 11.0. The summed E-state index contributed by atoms with van der Waals surface area (Å²) < 4.78 is 4.74. The average molecular weight is 201 g/mol. The van der Waals surface area contributed by atoms with Gasteiger partial charge in [-0.25, -0.2) is 0 Å². The Labute approximate surface area is 85.0 Å². The van der Waals surface area contributed by atoms with E-state index in [1.807, 2.05) is 0 Å². The Bertz CT molecular complexity index is 159. The van der Waals surface area contributed by atoms with Crippen molar-refractivity contribution in [2.24, 2.45) is 0 Å². The van der Waals surface area contributed by atoms with Gasteiger partial charge in [-0.2, -0.15) is 0 Å². The zero-order valence-corrected chi connectivity index (χ0v) is 8.75. The number of aldehydes is 1. The minimum Gasteiger partial charge on any atom is -0.364 e. The standard InChI is InChI=1S/C10H19NO3/c1-2-3-4-5-6-11-10(13)9-14-8-7-12/h7H,2-6,8-9H2,1H3,(H,11,13). The molecule has 0 fully saturated rings. The van der Waals surface area contributed by atoms with Crippen LogP contribution in [0.3, 0.4) is 0 Å². The van der Waals surface area contributed by atoms with Crippen molar-refractivity contribution >= 4 is 12.2 Å². The Balaban J connectivity index is 3.14. The second-order valence-electron chi connectivity index (χ2n) is 3.09. The molecule has 0 aliphatic heterocycles. The molecule has 0 radical (unpaired) electrons. The van der Waals surface area contributed by atoms with Crippen LogP contribution >= 0.6 is 0 Å². The lowest BCUT2D eigenvalue weighted by molar-refractivity contribution is -0.126. The molecule has 0 saturated heterocycles. The third-order valence-electron chi connectivity index (χ3n) is 1.77. The fourth-order valence-electron chi connectivity index (χ4n) is 1.03. The summed E-state index contributed by atoms with van der Waals surface area (Å²) in [6.07, 6.45) is 5.18. The van der Waals surface area contributed by atoms with Gasteiger partial charge in [0.05, 0.1) is 0 Å². The minimum atomic E-state index is -0.150. The lowest BCUT2D eigenvalue weighted by Crippen LogP contribution is -2.28. The highest BCUT2D eigenvalue weighted by atomic mass is 16.5. The maximum absolute atomic E-state index is 11.0. The number of ether oxygens (including phenoxy) is 1. The molecular weight excluding hydrogens is 182 g/mol. The van der Waals surface area contributed by atoms with Gasteiger partial charge in [-0.1, -0.05) is 26.2 Å². The van der Waals surface area contributed by atoms with Crippen LogP contribution in [-0.2, 0) is 14.3 Å². The molecule has 0 aromatic carbocycles.